The van der Waals surface area contributed by atoms with Crippen LogP contribution < -0.4 is 5.73 Å². The number of nitrogens with two attached hydrogens (primary N) is 1. The Morgan fingerprint density at radius 2 is 1.75 bits per heavy atom. The zero-order chi connectivity index (χ0) is 18.7. The molecule has 0 amide bonds. The molecular formula is C16H20F3NO4. The number of carboxylic acid groups (broad SMARTS) is 1. The van der Waals surface area contributed by atoms with E-state index in [-0.39, 0.29) is 5.56 Å². The van der Waals surface area contributed by atoms with Gasteiger partial charge in [0.1, 0.15) is 5.60 Å². The van der Waals surface area contributed by atoms with Crippen molar-refractivity contribution in [1.82, 2.24) is 0 Å². The van der Waals surface area contributed by atoms with Crippen molar-refractivity contribution in [3.63, 3.8) is 0 Å². The fraction of sp³-hybridized carbons (Fsp3) is 0.500. The van der Waals surface area contributed by atoms with Crippen LogP contribution in [0.5, 0.6) is 0 Å². The minimum Gasteiger partial charge on any atom is -0.481 e. The molecule has 0 aliphatic heterocycles. The van der Waals surface area contributed by atoms with Gasteiger partial charge in [-0.15, -0.1) is 0 Å². The normalized spacial score (nSPS) is 14.8. The topological polar surface area (TPSA) is 89.6 Å². The Labute approximate surface area is 137 Å². The maximum Gasteiger partial charge on any atom is 0.416 e. The number of carbonyl (C=O) groups excluding carboxylic acids is 1. The van der Waals surface area contributed by atoms with Crippen LogP contribution in [0.3, 0.4) is 0 Å². The highest BCUT2D eigenvalue weighted by molar-refractivity contribution is 5.95. The van der Waals surface area contributed by atoms with E-state index in [1.807, 2.05) is 0 Å². The van der Waals surface area contributed by atoms with Crippen LogP contribution in [0.2, 0.25) is 0 Å². The molecule has 0 unspecified atom stereocenters. The Morgan fingerprint density at radius 3 is 2.21 bits per heavy atom. The number of halogens is 3. The minimum absolute atomic E-state index is 0.174. The number of alkyl halides is 3. The van der Waals surface area contributed by atoms with Crippen LogP contribution in [0.25, 0.3) is 0 Å². The number of hydrogen-bond donors (Lipinski definition) is 2. The molecule has 0 aromatic heterocycles. The van der Waals surface area contributed by atoms with Crippen LogP contribution in [-0.2, 0) is 26.9 Å². The molecule has 3 N–H and O–H groups in total. The summed E-state index contributed by atoms with van der Waals surface area (Å²) in [5, 5.41) is 9.22. The molecule has 8 heteroatoms. The van der Waals surface area contributed by atoms with E-state index in [0.717, 1.165) is 6.07 Å². The molecule has 0 heterocycles. The molecule has 1 aromatic rings. The number of ether oxygens (including phenoxy) is 1. The summed E-state index contributed by atoms with van der Waals surface area (Å²) in [6, 6.07) is 3.34. The van der Waals surface area contributed by atoms with Gasteiger partial charge in [-0.1, -0.05) is 18.2 Å². The molecule has 134 valence electrons. The molecule has 0 fully saturated rings. The van der Waals surface area contributed by atoms with Crippen LogP contribution in [0.4, 0.5) is 13.2 Å². The van der Waals surface area contributed by atoms with Gasteiger partial charge in [-0.25, -0.2) is 0 Å². The maximum atomic E-state index is 13.0. The number of benzene rings is 1. The van der Waals surface area contributed by atoms with Gasteiger partial charge < -0.3 is 15.6 Å². The summed E-state index contributed by atoms with van der Waals surface area (Å²) in [7, 11) is 0. The summed E-state index contributed by atoms with van der Waals surface area (Å²) in [6.07, 6.45) is -5.02. The Bertz CT molecular complexity index is 608. The van der Waals surface area contributed by atoms with Crippen LogP contribution in [-0.4, -0.2) is 28.7 Å². The fourth-order valence-corrected chi connectivity index (χ4v) is 2.17. The average molecular weight is 347 g/mol. The molecule has 0 saturated carbocycles. The van der Waals surface area contributed by atoms with E-state index in [9.17, 15) is 27.9 Å². The first-order chi connectivity index (χ1) is 10.8. The number of carbonyl (C=O) groups is 2. The van der Waals surface area contributed by atoms with Crippen LogP contribution in [0, 0.1) is 5.92 Å². The highest BCUT2D eigenvalue weighted by atomic mass is 19.4. The summed E-state index contributed by atoms with van der Waals surface area (Å²) < 4.78 is 44.0. The number of aliphatic carboxylic acids is 1. The Balaban J connectivity index is 3.05. The zero-order valence-corrected chi connectivity index (χ0v) is 13.6. The van der Waals surface area contributed by atoms with Gasteiger partial charge in [-0.2, -0.15) is 13.2 Å². The summed E-state index contributed by atoms with van der Waals surface area (Å²) in [5.41, 5.74) is 3.72. The predicted molar refractivity (Wildman–Crippen MR) is 80.1 cm³/mol. The van der Waals surface area contributed by atoms with Crippen molar-refractivity contribution in [3.05, 3.63) is 35.4 Å². The molecule has 1 aromatic carbocycles. The summed E-state index contributed by atoms with van der Waals surface area (Å²) in [5.74, 6) is -4.38. The largest absolute Gasteiger partial charge is 0.481 e. The van der Waals surface area contributed by atoms with Crippen LogP contribution in [0.15, 0.2) is 24.3 Å². The van der Waals surface area contributed by atoms with Gasteiger partial charge in [-0.05, 0) is 38.8 Å². The van der Waals surface area contributed by atoms with Crippen molar-refractivity contribution in [1.29, 1.82) is 0 Å². The van der Waals surface area contributed by atoms with E-state index in [4.69, 9.17) is 10.5 Å². The van der Waals surface area contributed by atoms with Gasteiger partial charge in [-0.3, -0.25) is 9.59 Å². The Morgan fingerprint density at radius 1 is 1.21 bits per heavy atom. The van der Waals surface area contributed by atoms with Crippen molar-refractivity contribution in [2.45, 2.75) is 45.0 Å². The third-order valence-electron chi connectivity index (χ3n) is 3.13. The second-order valence-corrected chi connectivity index (χ2v) is 6.37. The minimum atomic E-state index is -4.60. The maximum absolute atomic E-state index is 13.0. The predicted octanol–water partition coefficient (Wildman–Crippen LogP) is 2.62. The zero-order valence-electron chi connectivity index (χ0n) is 13.6. The summed E-state index contributed by atoms with van der Waals surface area (Å²) in [4.78, 5) is 23.3. The Kier molecular flexibility index (Phi) is 5.99. The molecule has 1 rings (SSSR count). The van der Waals surface area contributed by atoms with Gasteiger partial charge in [0, 0.05) is 6.04 Å². The highest BCUT2D eigenvalue weighted by Gasteiger charge is 2.38. The molecule has 0 aliphatic carbocycles. The van der Waals surface area contributed by atoms with E-state index in [1.165, 1.54) is 18.2 Å². The summed E-state index contributed by atoms with van der Waals surface area (Å²) in [6.45, 7) is 4.65. The van der Waals surface area contributed by atoms with Gasteiger partial charge >= 0.3 is 18.1 Å². The van der Waals surface area contributed by atoms with Gasteiger partial charge in [0.05, 0.1) is 5.56 Å². The number of carboxylic acids is 1. The third kappa shape index (κ3) is 5.52. The molecule has 0 saturated heterocycles. The highest BCUT2D eigenvalue weighted by Crippen LogP contribution is 2.32. The first-order valence-electron chi connectivity index (χ1n) is 7.19. The second kappa shape index (κ2) is 7.21. The first kappa shape index (κ1) is 20.0. The second-order valence-electron chi connectivity index (χ2n) is 6.37. The van der Waals surface area contributed by atoms with Crippen molar-refractivity contribution in [2.75, 3.05) is 0 Å². The molecule has 0 radical (unpaired) electrons. The fourth-order valence-electron chi connectivity index (χ4n) is 2.17. The van der Waals surface area contributed by atoms with Crippen molar-refractivity contribution >= 4 is 11.9 Å². The first-order valence-corrected chi connectivity index (χ1v) is 7.19. The van der Waals surface area contributed by atoms with Crippen LogP contribution >= 0.6 is 0 Å². The summed E-state index contributed by atoms with van der Waals surface area (Å²) >= 11 is 0. The molecule has 24 heavy (non-hydrogen) atoms. The van der Waals surface area contributed by atoms with Crippen LogP contribution in [0.1, 0.15) is 31.9 Å². The lowest BCUT2D eigenvalue weighted by molar-refractivity contribution is -0.167. The standard InChI is InChI=1S/C16H20F3NO4/c1-15(2,3)24-14(23)12(13(21)22)11(20)8-9-6-4-5-7-10(9)16(17,18)19/h4-7,11-12H,8,20H2,1-3H3,(H,21,22)/t11-,12+/m1/s1. The van der Waals surface area contributed by atoms with Crippen molar-refractivity contribution in [2.24, 2.45) is 11.7 Å². The molecule has 0 aliphatic rings. The third-order valence-corrected chi connectivity index (χ3v) is 3.13. The smallest absolute Gasteiger partial charge is 0.416 e. The number of hydrogen-bond acceptors (Lipinski definition) is 4. The quantitative estimate of drug-likeness (QED) is 0.631. The Hall–Kier alpha value is -2.09. The van der Waals surface area contributed by atoms with Gasteiger partial charge in [0.2, 0.25) is 0 Å². The molecule has 0 bridgehead atoms. The van der Waals surface area contributed by atoms with E-state index in [1.54, 1.807) is 20.8 Å². The number of rotatable bonds is 5. The van der Waals surface area contributed by atoms with Gasteiger partial charge in [0.15, 0.2) is 5.92 Å². The van der Waals surface area contributed by atoms with Gasteiger partial charge in [0.25, 0.3) is 0 Å². The van der Waals surface area contributed by atoms with E-state index in [0.29, 0.717) is 0 Å². The molecule has 2 atom stereocenters. The van der Waals surface area contributed by atoms with E-state index >= 15 is 0 Å². The van der Waals surface area contributed by atoms with Crippen molar-refractivity contribution < 1.29 is 32.6 Å². The monoisotopic (exact) mass is 347 g/mol. The lowest BCUT2D eigenvalue weighted by Crippen LogP contribution is -2.45. The molecule has 0 spiro atoms. The number of esters is 1. The lowest BCUT2D eigenvalue weighted by atomic mass is 9.91. The molecular weight excluding hydrogens is 327 g/mol. The molecule has 5 nitrogen and oxygen atoms in total. The van der Waals surface area contributed by atoms with E-state index in [2.05, 4.69) is 0 Å². The lowest BCUT2D eigenvalue weighted by Gasteiger charge is -2.25. The van der Waals surface area contributed by atoms with Crippen molar-refractivity contribution in [3.8, 4) is 0 Å². The average Bonchev–Trinajstić information content (AvgIpc) is 2.35. The van der Waals surface area contributed by atoms with E-state index < -0.39 is 47.7 Å². The SMILES string of the molecule is CC(C)(C)OC(=O)[C@H](C(=O)O)[C@H](N)Cc1ccccc1C(F)(F)F.